The highest BCUT2D eigenvalue weighted by Crippen LogP contribution is 2.17. The van der Waals surface area contributed by atoms with E-state index in [1.807, 2.05) is 0 Å². The third-order valence-corrected chi connectivity index (χ3v) is 4.65. The third kappa shape index (κ3) is 4.93. The molecule has 1 N–H and O–H groups in total. The summed E-state index contributed by atoms with van der Waals surface area (Å²) in [6.45, 7) is 2.91. The van der Waals surface area contributed by atoms with Crippen molar-refractivity contribution in [1.29, 1.82) is 0 Å². The molecule has 2 rings (SSSR count). The Balaban J connectivity index is 1.99. The maximum Gasteiger partial charge on any atom is 0.338 e. The Labute approximate surface area is 145 Å². The van der Waals surface area contributed by atoms with Crippen LogP contribution in [-0.4, -0.2) is 33.2 Å². The number of hydrogen-bond donors (Lipinski definition) is 1. The van der Waals surface area contributed by atoms with Gasteiger partial charge in [0.25, 0.3) is 5.91 Å². The van der Waals surface area contributed by atoms with Crippen LogP contribution in [0.25, 0.3) is 0 Å². The van der Waals surface area contributed by atoms with Crippen molar-refractivity contribution in [1.82, 2.24) is 5.32 Å². The van der Waals surface area contributed by atoms with Gasteiger partial charge < -0.3 is 14.5 Å². The highest BCUT2D eigenvalue weighted by Gasteiger charge is 2.18. The lowest BCUT2D eigenvalue weighted by molar-refractivity contribution is -0.125. The topological polar surface area (TPSA) is 103 Å². The number of aryl methyl sites for hydroxylation is 1. The molecule has 1 amide bonds. The van der Waals surface area contributed by atoms with Crippen LogP contribution in [-0.2, 0) is 19.4 Å². The molecule has 7 nitrogen and oxygen atoms in total. The van der Waals surface area contributed by atoms with E-state index < -0.39 is 28.3 Å². The van der Waals surface area contributed by atoms with Crippen molar-refractivity contribution in [2.75, 3.05) is 12.9 Å². The molecule has 0 spiro atoms. The van der Waals surface area contributed by atoms with Crippen LogP contribution in [0.3, 0.4) is 0 Å². The predicted octanol–water partition coefficient (Wildman–Crippen LogP) is 2.03. The summed E-state index contributed by atoms with van der Waals surface area (Å²) in [5, 5.41) is 2.63. The van der Waals surface area contributed by atoms with Gasteiger partial charge in [-0.05, 0) is 43.7 Å². The van der Waals surface area contributed by atoms with Gasteiger partial charge >= 0.3 is 5.97 Å². The van der Waals surface area contributed by atoms with Crippen molar-refractivity contribution in [2.45, 2.75) is 24.8 Å². The molecule has 2 aromatic rings. The van der Waals surface area contributed by atoms with Crippen LogP contribution in [0.2, 0.25) is 0 Å². The van der Waals surface area contributed by atoms with E-state index in [0.29, 0.717) is 11.3 Å². The monoisotopic (exact) mass is 365 g/mol. The first-order chi connectivity index (χ1) is 11.7. The zero-order valence-corrected chi connectivity index (χ0v) is 14.9. The summed E-state index contributed by atoms with van der Waals surface area (Å²) in [5.41, 5.74) is 0.663. The normalized spacial score (nSPS) is 12.4. The van der Waals surface area contributed by atoms with Crippen LogP contribution < -0.4 is 5.32 Å². The minimum atomic E-state index is -3.45. The van der Waals surface area contributed by atoms with Crippen LogP contribution in [0, 0.1) is 6.92 Å². The number of carbonyl (C=O) groups excluding carboxylic acids is 2. The molecule has 0 fully saturated rings. The molecule has 0 saturated carbocycles. The number of sulfone groups is 1. The van der Waals surface area contributed by atoms with Gasteiger partial charge in [-0.25, -0.2) is 13.2 Å². The Kier molecular flexibility index (Phi) is 5.63. The Morgan fingerprint density at radius 1 is 1.28 bits per heavy atom. The second kappa shape index (κ2) is 7.52. The van der Waals surface area contributed by atoms with Gasteiger partial charge in [0.05, 0.1) is 22.8 Å². The molecule has 8 heteroatoms. The maximum absolute atomic E-state index is 12.1. The third-order valence-electron chi connectivity index (χ3n) is 3.54. The second-order valence-corrected chi connectivity index (χ2v) is 7.65. The van der Waals surface area contributed by atoms with E-state index in [-0.39, 0.29) is 16.5 Å². The predicted molar refractivity (Wildman–Crippen MR) is 89.8 cm³/mol. The molecule has 0 aliphatic carbocycles. The highest BCUT2D eigenvalue weighted by molar-refractivity contribution is 7.90. The molecule has 1 heterocycles. The fourth-order valence-corrected chi connectivity index (χ4v) is 2.80. The maximum atomic E-state index is 12.1. The van der Waals surface area contributed by atoms with Crippen molar-refractivity contribution in [3.63, 3.8) is 0 Å². The Bertz CT molecular complexity index is 871. The van der Waals surface area contributed by atoms with Crippen LogP contribution in [0.4, 0.5) is 0 Å². The van der Waals surface area contributed by atoms with Gasteiger partial charge in [0.15, 0.2) is 16.4 Å². The first-order valence-electron chi connectivity index (χ1n) is 7.49. The molecule has 1 atom stereocenters. The Morgan fingerprint density at radius 3 is 2.60 bits per heavy atom. The number of furan rings is 1. The number of hydrogen-bond acceptors (Lipinski definition) is 6. The van der Waals surface area contributed by atoms with E-state index in [9.17, 15) is 18.0 Å². The standard InChI is InChI=1S/C17H19NO6S/c1-11-6-7-13(25(3,21)22)9-14(11)17(20)24-10-16(19)18-12(2)15-5-4-8-23-15/h4-9,12H,10H2,1-3H3,(H,18,19)/t12-/m1/s1. The van der Waals surface area contributed by atoms with Crippen LogP contribution in [0.1, 0.15) is 34.6 Å². The van der Waals surface area contributed by atoms with Crippen molar-refractivity contribution < 1.29 is 27.2 Å². The first-order valence-corrected chi connectivity index (χ1v) is 9.38. The number of esters is 1. The second-order valence-electron chi connectivity index (χ2n) is 5.63. The number of amides is 1. The summed E-state index contributed by atoms with van der Waals surface area (Å²) in [6.07, 6.45) is 2.55. The SMILES string of the molecule is Cc1ccc(S(C)(=O)=O)cc1C(=O)OCC(=O)N[C@H](C)c1ccco1. The van der Waals surface area contributed by atoms with Crippen LogP contribution >= 0.6 is 0 Å². The zero-order valence-electron chi connectivity index (χ0n) is 14.1. The summed E-state index contributed by atoms with van der Waals surface area (Å²) in [5.74, 6) is -0.672. The number of benzene rings is 1. The summed E-state index contributed by atoms with van der Waals surface area (Å²) in [6, 6.07) is 7.24. The molecule has 0 radical (unpaired) electrons. The summed E-state index contributed by atoms with van der Waals surface area (Å²) in [7, 11) is -3.45. The minimum Gasteiger partial charge on any atom is -0.467 e. The molecule has 134 valence electrons. The average Bonchev–Trinajstić information content (AvgIpc) is 3.06. The highest BCUT2D eigenvalue weighted by atomic mass is 32.2. The van der Waals surface area contributed by atoms with Gasteiger partial charge in [-0.3, -0.25) is 4.79 Å². The lowest BCUT2D eigenvalue weighted by Crippen LogP contribution is -2.31. The first kappa shape index (κ1) is 18.7. The van der Waals surface area contributed by atoms with E-state index in [1.54, 1.807) is 26.0 Å². The van der Waals surface area contributed by atoms with Gasteiger partial charge in [-0.2, -0.15) is 0 Å². The molecular weight excluding hydrogens is 346 g/mol. The Hall–Kier alpha value is -2.61. The Morgan fingerprint density at radius 2 is 2.00 bits per heavy atom. The van der Waals surface area contributed by atoms with Crippen LogP contribution in [0.15, 0.2) is 45.9 Å². The smallest absolute Gasteiger partial charge is 0.338 e. The lowest BCUT2D eigenvalue weighted by Gasteiger charge is -2.12. The molecule has 0 bridgehead atoms. The minimum absolute atomic E-state index is 0.0148. The van der Waals surface area contributed by atoms with Crippen molar-refractivity contribution in [3.8, 4) is 0 Å². The lowest BCUT2D eigenvalue weighted by atomic mass is 10.1. The summed E-state index contributed by atoms with van der Waals surface area (Å²) >= 11 is 0. The number of nitrogens with one attached hydrogen (secondary N) is 1. The number of carbonyl (C=O) groups is 2. The largest absolute Gasteiger partial charge is 0.467 e. The van der Waals surface area contributed by atoms with Gasteiger partial charge in [-0.1, -0.05) is 6.07 Å². The fraction of sp³-hybridized carbons (Fsp3) is 0.294. The van der Waals surface area contributed by atoms with Crippen molar-refractivity contribution >= 4 is 21.7 Å². The molecule has 1 aromatic carbocycles. The van der Waals surface area contributed by atoms with Gasteiger partial charge in [-0.15, -0.1) is 0 Å². The van der Waals surface area contributed by atoms with E-state index >= 15 is 0 Å². The molecule has 0 unspecified atom stereocenters. The molecule has 1 aromatic heterocycles. The molecule has 0 saturated heterocycles. The van der Waals surface area contributed by atoms with E-state index in [1.165, 1.54) is 24.5 Å². The van der Waals surface area contributed by atoms with Gasteiger partial charge in [0.1, 0.15) is 5.76 Å². The fourth-order valence-electron chi connectivity index (χ4n) is 2.15. The number of ether oxygens (including phenoxy) is 1. The van der Waals surface area contributed by atoms with Crippen molar-refractivity contribution in [3.05, 3.63) is 53.5 Å². The van der Waals surface area contributed by atoms with E-state index in [0.717, 1.165) is 6.26 Å². The average molecular weight is 365 g/mol. The zero-order chi connectivity index (χ0) is 18.6. The molecule has 25 heavy (non-hydrogen) atoms. The van der Waals surface area contributed by atoms with E-state index in [4.69, 9.17) is 9.15 Å². The van der Waals surface area contributed by atoms with E-state index in [2.05, 4.69) is 5.32 Å². The molecular formula is C17H19NO6S. The van der Waals surface area contributed by atoms with Gasteiger partial charge in [0.2, 0.25) is 0 Å². The van der Waals surface area contributed by atoms with Gasteiger partial charge in [0, 0.05) is 6.26 Å². The summed E-state index contributed by atoms with van der Waals surface area (Å²) < 4.78 is 33.3. The summed E-state index contributed by atoms with van der Waals surface area (Å²) in [4.78, 5) is 24.0. The molecule has 0 aliphatic rings. The number of rotatable bonds is 6. The molecule has 0 aliphatic heterocycles. The van der Waals surface area contributed by atoms with Crippen LogP contribution in [0.5, 0.6) is 0 Å². The quantitative estimate of drug-likeness (QED) is 0.786. The van der Waals surface area contributed by atoms with Crippen molar-refractivity contribution in [2.24, 2.45) is 0 Å².